The number of non-ortho nitro benzene ring substituents is 1. The van der Waals surface area contributed by atoms with Crippen LogP contribution < -0.4 is 4.74 Å². The minimum atomic E-state index is -0.630. The van der Waals surface area contributed by atoms with Crippen molar-refractivity contribution in [3.8, 4) is 23.0 Å². The molecule has 0 aliphatic rings. The number of ether oxygens (including phenoxy) is 2. The molecule has 4 aromatic rings. The molecule has 2 heterocycles. The minimum Gasteiger partial charge on any atom is -0.455 e. The Balaban J connectivity index is 1.42. The summed E-state index contributed by atoms with van der Waals surface area (Å²) < 4.78 is 16.5. The molecule has 0 saturated carbocycles. The highest BCUT2D eigenvalue weighted by Crippen LogP contribution is 2.26. The maximum atomic E-state index is 12.5. The predicted octanol–water partition coefficient (Wildman–Crippen LogP) is 4.19. The first-order valence-electron chi connectivity index (χ1n) is 9.01. The van der Waals surface area contributed by atoms with E-state index in [1.165, 1.54) is 30.5 Å². The van der Waals surface area contributed by atoms with Gasteiger partial charge in [0.2, 0.25) is 5.89 Å². The van der Waals surface area contributed by atoms with Crippen LogP contribution in [0.4, 0.5) is 5.69 Å². The Hall–Kier alpha value is -4.60. The van der Waals surface area contributed by atoms with E-state index in [0.717, 1.165) is 0 Å². The van der Waals surface area contributed by atoms with Crippen molar-refractivity contribution in [3.63, 3.8) is 0 Å². The molecule has 0 N–H and O–H groups in total. The number of nitro groups is 1. The molecule has 0 aliphatic heterocycles. The first-order chi connectivity index (χ1) is 15.1. The average molecular weight is 418 g/mol. The number of aromatic nitrogens is 3. The van der Waals surface area contributed by atoms with Gasteiger partial charge in [0.1, 0.15) is 17.1 Å². The highest BCUT2D eigenvalue weighted by molar-refractivity contribution is 5.92. The molecule has 2 aromatic carbocycles. The molecular weight excluding hydrogens is 404 g/mol. The van der Waals surface area contributed by atoms with Crippen LogP contribution in [0.5, 0.6) is 11.5 Å². The number of carbonyl (C=O) groups excluding carboxylic acids is 1. The molecule has 0 aliphatic carbocycles. The van der Waals surface area contributed by atoms with Crippen molar-refractivity contribution >= 4 is 11.7 Å². The maximum absolute atomic E-state index is 12.5. The smallest absolute Gasteiger partial charge is 0.342 e. The largest absolute Gasteiger partial charge is 0.455 e. The van der Waals surface area contributed by atoms with Gasteiger partial charge in [-0.3, -0.25) is 15.1 Å². The molecule has 0 bridgehead atoms. The molecule has 0 amide bonds. The van der Waals surface area contributed by atoms with E-state index < -0.39 is 10.9 Å². The van der Waals surface area contributed by atoms with Crippen molar-refractivity contribution in [1.29, 1.82) is 0 Å². The number of esters is 1. The lowest BCUT2D eigenvalue weighted by Crippen LogP contribution is -2.07. The molecule has 0 atom stereocenters. The summed E-state index contributed by atoms with van der Waals surface area (Å²) in [5.41, 5.74) is 0.678. The third kappa shape index (κ3) is 4.70. The zero-order chi connectivity index (χ0) is 21.6. The fourth-order valence-electron chi connectivity index (χ4n) is 2.62. The van der Waals surface area contributed by atoms with E-state index in [1.807, 2.05) is 0 Å². The van der Waals surface area contributed by atoms with Crippen molar-refractivity contribution in [3.05, 3.63) is 94.6 Å². The predicted molar refractivity (Wildman–Crippen MR) is 106 cm³/mol. The number of rotatable bonds is 7. The molecule has 2 aromatic heterocycles. The molecule has 0 radical (unpaired) electrons. The Kier molecular flexibility index (Phi) is 5.61. The highest BCUT2D eigenvalue weighted by Gasteiger charge is 2.17. The molecule has 4 rings (SSSR count). The van der Waals surface area contributed by atoms with Crippen LogP contribution in [0, 0.1) is 10.1 Å². The summed E-state index contributed by atoms with van der Waals surface area (Å²) >= 11 is 0. The molecule has 0 fully saturated rings. The van der Waals surface area contributed by atoms with Crippen LogP contribution in [-0.2, 0) is 11.3 Å². The van der Waals surface area contributed by atoms with E-state index in [0.29, 0.717) is 17.1 Å². The Labute approximate surface area is 175 Å². The van der Waals surface area contributed by atoms with Crippen LogP contribution in [0.25, 0.3) is 11.5 Å². The first-order valence-corrected chi connectivity index (χ1v) is 9.01. The molecule has 0 saturated heterocycles. The zero-order valence-electron chi connectivity index (χ0n) is 15.9. The van der Waals surface area contributed by atoms with Gasteiger partial charge in [-0.05, 0) is 36.4 Å². The Bertz CT molecular complexity index is 1210. The van der Waals surface area contributed by atoms with Gasteiger partial charge in [0, 0.05) is 23.9 Å². The second-order valence-corrected chi connectivity index (χ2v) is 6.17. The van der Waals surface area contributed by atoms with Gasteiger partial charge >= 0.3 is 5.97 Å². The quantitative estimate of drug-likeness (QED) is 0.246. The topological polar surface area (TPSA) is 130 Å². The van der Waals surface area contributed by atoms with Crippen molar-refractivity contribution < 1.29 is 23.6 Å². The van der Waals surface area contributed by atoms with Gasteiger partial charge < -0.3 is 13.9 Å². The lowest BCUT2D eigenvalue weighted by atomic mass is 10.2. The monoisotopic (exact) mass is 418 g/mol. The van der Waals surface area contributed by atoms with Crippen LogP contribution in [0.3, 0.4) is 0 Å². The van der Waals surface area contributed by atoms with E-state index in [-0.39, 0.29) is 29.6 Å². The summed E-state index contributed by atoms with van der Waals surface area (Å²) in [6.07, 6.45) is 3.14. The lowest BCUT2D eigenvalue weighted by Gasteiger charge is -2.09. The summed E-state index contributed by atoms with van der Waals surface area (Å²) in [5, 5.41) is 18.5. The number of benzene rings is 2. The van der Waals surface area contributed by atoms with Gasteiger partial charge in [-0.1, -0.05) is 12.1 Å². The number of nitrogens with zero attached hydrogens (tertiary/aromatic N) is 4. The third-order valence-corrected chi connectivity index (χ3v) is 4.09. The second-order valence-electron chi connectivity index (χ2n) is 6.17. The van der Waals surface area contributed by atoms with Crippen LogP contribution in [0.2, 0.25) is 0 Å². The van der Waals surface area contributed by atoms with Gasteiger partial charge in [0.15, 0.2) is 6.61 Å². The first kappa shape index (κ1) is 19.7. The van der Waals surface area contributed by atoms with Crippen molar-refractivity contribution in [2.24, 2.45) is 0 Å². The molecule has 31 heavy (non-hydrogen) atoms. The van der Waals surface area contributed by atoms with Crippen LogP contribution in [0.1, 0.15) is 16.2 Å². The summed E-state index contributed by atoms with van der Waals surface area (Å²) in [6, 6.07) is 15.7. The van der Waals surface area contributed by atoms with Gasteiger partial charge in [0.05, 0.1) is 11.1 Å². The lowest BCUT2D eigenvalue weighted by molar-refractivity contribution is -0.384. The minimum absolute atomic E-state index is 0.0513. The number of hydrogen-bond donors (Lipinski definition) is 0. The molecule has 10 heteroatoms. The number of pyridine rings is 1. The summed E-state index contributed by atoms with van der Waals surface area (Å²) in [5.74, 6) is 0.396. The average Bonchev–Trinajstić information content (AvgIpc) is 3.28. The third-order valence-electron chi connectivity index (χ3n) is 4.09. The van der Waals surface area contributed by atoms with Crippen LogP contribution in [-0.4, -0.2) is 26.1 Å². The Morgan fingerprint density at radius 3 is 2.58 bits per heavy atom. The summed E-state index contributed by atoms with van der Waals surface area (Å²) in [7, 11) is 0. The van der Waals surface area contributed by atoms with Gasteiger partial charge in [-0.15, -0.1) is 10.2 Å². The van der Waals surface area contributed by atoms with Gasteiger partial charge in [-0.25, -0.2) is 4.79 Å². The van der Waals surface area contributed by atoms with E-state index in [2.05, 4.69) is 15.2 Å². The summed E-state index contributed by atoms with van der Waals surface area (Å²) in [6.45, 7) is -0.250. The number of nitro benzene ring substituents is 1. The van der Waals surface area contributed by atoms with Crippen LogP contribution >= 0.6 is 0 Å². The van der Waals surface area contributed by atoms with Gasteiger partial charge in [0.25, 0.3) is 11.6 Å². The number of hydrogen-bond acceptors (Lipinski definition) is 9. The van der Waals surface area contributed by atoms with Gasteiger partial charge in [-0.2, -0.15) is 0 Å². The summed E-state index contributed by atoms with van der Waals surface area (Å²) in [4.78, 5) is 26.7. The number of carbonyl (C=O) groups is 1. The maximum Gasteiger partial charge on any atom is 0.342 e. The van der Waals surface area contributed by atoms with E-state index >= 15 is 0 Å². The molecule has 0 spiro atoms. The fraction of sp³-hybridized carbons (Fsp3) is 0.0476. The second kappa shape index (κ2) is 8.82. The van der Waals surface area contributed by atoms with Crippen molar-refractivity contribution in [2.75, 3.05) is 0 Å². The molecule has 0 unspecified atom stereocenters. The molecule has 154 valence electrons. The SMILES string of the molecule is O=C(OCc1nnc(-c2ccc([N+](=O)[O-])cc2)o1)c1ccccc1Oc1cccnc1. The van der Waals surface area contributed by atoms with E-state index in [1.54, 1.807) is 42.6 Å². The standard InChI is InChI=1S/C21H14N4O6/c26-21(17-5-1-2-6-18(17)30-16-4-3-11-22-12-16)29-13-19-23-24-20(31-19)14-7-9-15(10-8-14)25(27)28/h1-12H,13H2. The van der Waals surface area contributed by atoms with Crippen molar-refractivity contribution in [1.82, 2.24) is 15.2 Å². The molecular formula is C21H14N4O6. The van der Waals surface area contributed by atoms with Crippen molar-refractivity contribution in [2.45, 2.75) is 6.61 Å². The Morgan fingerprint density at radius 2 is 1.84 bits per heavy atom. The van der Waals surface area contributed by atoms with E-state index in [4.69, 9.17) is 13.9 Å². The fourth-order valence-corrected chi connectivity index (χ4v) is 2.62. The molecule has 10 nitrogen and oxygen atoms in total. The highest BCUT2D eigenvalue weighted by atomic mass is 16.6. The zero-order valence-corrected chi connectivity index (χ0v) is 15.9. The number of para-hydroxylation sites is 1. The Morgan fingerprint density at radius 1 is 1.03 bits per heavy atom. The van der Waals surface area contributed by atoms with E-state index in [9.17, 15) is 14.9 Å². The normalized spacial score (nSPS) is 10.5. The van der Waals surface area contributed by atoms with Crippen LogP contribution in [0.15, 0.2) is 77.5 Å².